The average Bonchev–Trinajstić information content (AvgIpc) is 2.86. The summed E-state index contributed by atoms with van der Waals surface area (Å²) < 4.78 is 0. The molecule has 0 amide bonds. The van der Waals surface area contributed by atoms with Crippen molar-refractivity contribution in [3.63, 3.8) is 0 Å². The molecule has 0 aliphatic heterocycles. The molecule has 1 aliphatic rings. The van der Waals surface area contributed by atoms with Gasteiger partial charge in [-0.05, 0) is 25.8 Å². The van der Waals surface area contributed by atoms with Gasteiger partial charge in [-0.25, -0.2) is 0 Å². The Morgan fingerprint density at radius 2 is 1.94 bits per heavy atom. The van der Waals surface area contributed by atoms with E-state index in [9.17, 15) is 4.79 Å². The highest BCUT2D eigenvalue weighted by Gasteiger charge is 2.25. The molecule has 0 radical (unpaired) electrons. The van der Waals surface area contributed by atoms with E-state index in [0.717, 1.165) is 13.1 Å². The number of rotatable bonds is 9. The number of nitrogens with zero attached hydrogens (tertiary/aromatic N) is 1. The summed E-state index contributed by atoms with van der Waals surface area (Å²) in [4.78, 5) is 13.4. The van der Waals surface area contributed by atoms with Crippen molar-refractivity contribution in [3.8, 4) is 0 Å². The van der Waals surface area contributed by atoms with Crippen molar-refractivity contribution in [3.05, 3.63) is 0 Å². The van der Waals surface area contributed by atoms with Crippen LogP contribution in [0.3, 0.4) is 0 Å². The van der Waals surface area contributed by atoms with Crippen molar-refractivity contribution < 1.29 is 9.90 Å². The van der Waals surface area contributed by atoms with Crippen LogP contribution in [-0.4, -0.2) is 35.1 Å². The van der Waals surface area contributed by atoms with Gasteiger partial charge in [0, 0.05) is 12.6 Å². The van der Waals surface area contributed by atoms with E-state index < -0.39 is 5.97 Å². The lowest BCUT2D eigenvalue weighted by molar-refractivity contribution is -0.141. The lowest BCUT2D eigenvalue weighted by Crippen LogP contribution is -2.39. The topological polar surface area (TPSA) is 40.5 Å². The van der Waals surface area contributed by atoms with E-state index in [-0.39, 0.29) is 5.92 Å². The van der Waals surface area contributed by atoms with Crippen LogP contribution in [0.25, 0.3) is 0 Å². The molecule has 18 heavy (non-hydrogen) atoms. The van der Waals surface area contributed by atoms with Crippen LogP contribution in [0.1, 0.15) is 65.2 Å². The molecule has 3 nitrogen and oxygen atoms in total. The molecule has 0 aromatic rings. The van der Waals surface area contributed by atoms with Gasteiger partial charge in [-0.1, -0.05) is 46.0 Å². The molecule has 1 N–H and O–H groups in total. The highest BCUT2D eigenvalue weighted by Crippen LogP contribution is 2.24. The van der Waals surface area contributed by atoms with Crippen molar-refractivity contribution in [2.24, 2.45) is 5.92 Å². The van der Waals surface area contributed by atoms with Crippen LogP contribution in [0.15, 0.2) is 0 Å². The summed E-state index contributed by atoms with van der Waals surface area (Å²) in [5, 5.41) is 9.06. The van der Waals surface area contributed by atoms with Gasteiger partial charge in [0.05, 0.1) is 5.92 Å². The molecule has 1 unspecified atom stereocenters. The first-order chi connectivity index (χ1) is 8.65. The van der Waals surface area contributed by atoms with Gasteiger partial charge in [0.25, 0.3) is 0 Å². The van der Waals surface area contributed by atoms with Crippen molar-refractivity contribution in [2.75, 3.05) is 13.1 Å². The van der Waals surface area contributed by atoms with Crippen molar-refractivity contribution in [1.82, 2.24) is 4.90 Å². The molecular formula is C15H29NO2. The third kappa shape index (κ3) is 5.38. The van der Waals surface area contributed by atoms with Crippen LogP contribution in [0.5, 0.6) is 0 Å². The van der Waals surface area contributed by atoms with Crippen molar-refractivity contribution in [1.29, 1.82) is 0 Å². The molecule has 1 rings (SSSR count). The van der Waals surface area contributed by atoms with Crippen LogP contribution >= 0.6 is 0 Å². The Kier molecular flexibility index (Phi) is 7.33. The zero-order chi connectivity index (χ0) is 13.4. The highest BCUT2D eigenvalue weighted by molar-refractivity contribution is 5.69. The summed E-state index contributed by atoms with van der Waals surface area (Å²) >= 11 is 0. The first-order valence-electron chi connectivity index (χ1n) is 7.62. The number of carboxylic acids is 1. The first kappa shape index (κ1) is 15.5. The molecule has 0 bridgehead atoms. The molecule has 0 spiro atoms. The number of carbonyl (C=O) groups is 1. The summed E-state index contributed by atoms with van der Waals surface area (Å²) in [7, 11) is 0. The Labute approximate surface area is 112 Å². The maximum absolute atomic E-state index is 11.0. The molecule has 1 fully saturated rings. The number of unbranched alkanes of at least 4 members (excludes halogenated alkanes) is 3. The van der Waals surface area contributed by atoms with E-state index in [1.165, 1.54) is 51.4 Å². The summed E-state index contributed by atoms with van der Waals surface area (Å²) in [6.07, 6.45) is 10.2. The predicted octanol–water partition coefficient (Wildman–Crippen LogP) is 3.53. The Balaban J connectivity index is 2.38. The third-order valence-corrected chi connectivity index (χ3v) is 4.07. The second-order valence-electron chi connectivity index (χ2n) is 5.73. The third-order valence-electron chi connectivity index (χ3n) is 4.07. The van der Waals surface area contributed by atoms with Crippen LogP contribution in [0.2, 0.25) is 0 Å². The van der Waals surface area contributed by atoms with Gasteiger partial charge in [-0.15, -0.1) is 0 Å². The average molecular weight is 255 g/mol. The van der Waals surface area contributed by atoms with E-state index >= 15 is 0 Å². The first-order valence-corrected chi connectivity index (χ1v) is 7.62. The smallest absolute Gasteiger partial charge is 0.307 e. The van der Waals surface area contributed by atoms with Gasteiger partial charge >= 0.3 is 5.97 Å². The summed E-state index contributed by atoms with van der Waals surface area (Å²) in [6.45, 7) is 5.87. The van der Waals surface area contributed by atoms with E-state index in [1.54, 1.807) is 0 Å². The zero-order valence-corrected chi connectivity index (χ0v) is 12.0. The van der Waals surface area contributed by atoms with Crippen LogP contribution in [-0.2, 0) is 4.79 Å². The van der Waals surface area contributed by atoms with Gasteiger partial charge < -0.3 is 5.11 Å². The minimum absolute atomic E-state index is 0.239. The normalized spacial score (nSPS) is 18.4. The molecular weight excluding hydrogens is 226 g/mol. The number of carboxylic acid groups (broad SMARTS) is 1. The number of hydrogen-bond acceptors (Lipinski definition) is 2. The van der Waals surface area contributed by atoms with Crippen LogP contribution < -0.4 is 0 Å². The highest BCUT2D eigenvalue weighted by atomic mass is 16.4. The fourth-order valence-electron chi connectivity index (χ4n) is 2.86. The Morgan fingerprint density at radius 3 is 2.50 bits per heavy atom. The zero-order valence-electron chi connectivity index (χ0n) is 12.0. The van der Waals surface area contributed by atoms with Gasteiger partial charge in [0.2, 0.25) is 0 Å². The van der Waals surface area contributed by atoms with Gasteiger partial charge in [0.1, 0.15) is 0 Å². The minimum Gasteiger partial charge on any atom is -0.481 e. The molecule has 0 heterocycles. The largest absolute Gasteiger partial charge is 0.481 e. The molecule has 3 heteroatoms. The number of hydrogen-bond donors (Lipinski definition) is 1. The molecule has 0 saturated heterocycles. The van der Waals surface area contributed by atoms with Gasteiger partial charge in [0.15, 0.2) is 0 Å². The molecule has 0 aromatic heterocycles. The summed E-state index contributed by atoms with van der Waals surface area (Å²) in [6, 6.07) is 0.647. The SMILES string of the molecule is CCCCCCN(CC(C)C(=O)O)C1CCCC1. The maximum atomic E-state index is 11.0. The molecule has 1 saturated carbocycles. The second-order valence-corrected chi connectivity index (χ2v) is 5.73. The quantitative estimate of drug-likeness (QED) is 0.641. The van der Waals surface area contributed by atoms with Gasteiger partial charge in [-0.2, -0.15) is 0 Å². The fourth-order valence-corrected chi connectivity index (χ4v) is 2.86. The molecule has 0 aromatic carbocycles. The second kappa shape index (κ2) is 8.52. The van der Waals surface area contributed by atoms with E-state index in [4.69, 9.17) is 5.11 Å². The van der Waals surface area contributed by atoms with Crippen molar-refractivity contribution in [2.45, 2.75) is 71.3 Å². The Hall–Kier alpha value is -0.570. The van der Waals surface area contributed by atoms with E-state index in [0.29, 0.717) is 6.04 Å². The van der Waals surface area contributed by atoms with Crippen LogP contribution in [0, 0.1) is 5.92 Å². The molecule has 106 valence electrons. The van der Waals surface area contributed by atoms with E-state index in [2.05, 4.69) is 11.8 Å². The standard InChI is InChI=1S/C15H29NO2/c1-3-4-5-8-11-16(12-13(2)15(17)18)14-9-6-7-10-14/h13-14H,3-12H2,1-2H3,(H,17,18). The predicted molar refractivity (Wildman–Crippen MR) is 74.8 cm³/mol. The van der Waals surface area contributed by atoms with Crippen molar-refractivity contribution >= 4 is 5.97 Å². The Morgan fingerprint density at radius 1 is 1.28 bits per heavy atom. The Bertz CT molecular complexity index is 237. The summed E-state index contributed by atoms with van der Waals surface area (Å²) in [5.74, 6) is -0.900. The monoisotopic (exact) mass is 255 g/mol. The lowest BCUT2D eigenvalue weighted by Gasteiger charge is -2.30. The van der Waals surface area contributed by atoms with Gasteiger partial charge in [-0.3, -0.25) is 9.69 Å². The maximum Gasteiger partial charge on any atom is 0.307 e. The lowest BCUT2D eigenvalue weighted by atomic mass is 10.1. The summed E-state index contributed by atoms with van der Waals surface area (Å²) in [5.41, 5.74) is 0. The minimum atomic E-state index is -0.661. The van der Waals surface area contributed by atoms with Crippen LogP contribution in [0.4, 0.5) is 0 Å². The molecule has 1 aliphatic carbocycles. The number of aliphatic carboxylic acids is 1. The van der Waals surface area contributed by atoms with E-state index in [1.807, 2.05) is 6.92 Å². The fraction of sp³-hybridized carbons (Fsp3) is 0.933. The molecule has 1 atom stereocenters.